The number of carbonyl (C=O) groups is 1. The van der Waals surface area contributed by atoms with Crippen LogP contribution in [0.5, 0.6) is 0 Å². The van der Waals surface area contributed by atoms with Crippen LogP contribution in [-0.2, 0) is 4.79 Å². The monoisotopic (exact) mass is 306 g/mol. The van der Waals surface area contributed by atoms with Gasteiger partial charge in [0.15, 0.2) is 0 Å². The van der Waals surface area contributed by atoms with E-state index in [0.29, 0.717) is 12.0 Å². The lowest BCUT2D eigenvalue weighted by molar-refractivity contribution is -0.132. The highest BCUT2D eigenvalue weighted by atomic mass is 32.1. The van der Waals surface area contributed by atoms with Crippen LogP contribution < -0.4 is 5.32 Å². The molecule has 3 nitrogen and oxygen atoms in total. The zero-order valence-electron chi connectivity index (χ0n) is 12.9. The Bertz CT molecular complexity index is 447. The standard InChI is InChI=1S/C17H26N2OS/c1-13(17(20)19-10-4-5-11-19)18-16(14-7-2-3-8-14)15-9-6-12-21-15/h6,9,12-14,16,18H,2-5,7-8,10-11H2,1H3. The van der Waals surface area contributed by atoms with Crippen molar-refractivity contribution in [2.75, 3.05) is 13.1 Å². The van der Waals surface area contributed by atoms with E-state index in [4.69, 9.17) is 0 Å². The van der Waals surface area contributed by atoms with E-state index in [1.165, 1.54) is 30.6 Å². The van der Waals surface area contributed by atoms with Gasteiger partial charge in [0.05, 0.1) is 6.04 Å². The fourth-order valence-electron chi connectivity index (χ4n) is 3.76. The molecule has 116 valence electrons. The van der Waals surface area contributed by atoms with Crippen molar-refractivity contribution in [1.82, 2.24) is 10.2 Å². The molecule has 21 heavy (non-hydrogen) atoms. The van der Waals surface area contributed by atoms with Gasteiger partial charge in [-0.3, -0.25) is 10.1 Å². The van der Waals surface area contributed by atoms with Crippen molar-refractivity contribution in [3.63, 3.8) is 0 Å². The first-order valence-electron chi connectivity index (χ1n) is 8.34. The smallest absolute Gasteiger partial charge is 0.239 e. The van der Waals surface area contributed by atoms with Crippen LogP contribution in [0, 0.1) is 5.92 Å². The number of carbonyl (C=O) groups excluding carboxylic acids is 1. The van der Waals surface area contributed by atoms with E-state index in [1.54, 1.807) is 0 Å². The first-order valence-corrected chi connectivity index (χ1v) is 9.22. The van der Waals surface area contributed by atoms with Crippen LogP contribution >= 0.6 is 11.3 Å². The SMILES string of the molecule is CC(NC(c1cccs1)C1CCCC1)C(=O)N1CCCC1. The molecule has 1 saturated heterocycles. The molecule has 0 radical (unpaired) electrons. The van der Waals surface area contributed by atoms with Gasteiger partial charge in [-0.2, -0.15) is 0 Å². The van der Waals surface area contributed by atoms with E-state index >= 15 is 0 Å². The fourth-order valence-corrected chi connectivity index (χ4v) is 4.64. The van der Waals surface area contributed by atoms with Crippen LogP contribution in [0.15, 0.2) is 17.5 Å². The highest BCUT2D eigenvalue weighted by Crippen LogP contribution is 2.37. The molecular formula is C17H26N2OS. The van der Waals surface area contributed by atoms with Gasteiger partial charge >= 0.3 is 0 Å². The van der Waals surface area contributed by atoms with Gasteiger partial charge in [-0.05, 0) is 50.0 Å². The molecular weight excluding hydrogens is 280 g/mol. The maximum absolute atomic E-state index is 12.5. The van der Waals surface area contributed by atoms with Crippen molar-refractivity contribution in [2.45, 2.75) is 57.5 Å². The summed E-state index contributed by atoms with van der Waals surface area (Å²) in [5.41, 5.74) is 0. The van der Waals surface area contributed by atoms with E-state index in [0.717, 1.165) is 25.9 Å². The summed E-state index contributed by atoms with van der Waals surface area (Å²) in [6.45, 7) is 3.92. The summed E-state index contributed by atoms with van der Waals surface area (Å²) in [6.07, 6.45) is 7.58. The van der Waals surface area contributed by atoms with Gasteiger partial charge in [-0.1, -0.05) is 18.9 Å². The first-order chi connectivity index (χ1) is 10.3. The third-order valence-electron chi connectivity index (χ3n) is 4.94. The van der Waals surface area contributed by atoms with Crippen LogP contribution in [0.4, 0.5) is 0 Å². The maximum atomic E-state index is 12.5. The lowest BCUT2D eigenvalue weighted by Crippen LogP contribution is -2.46. The molecule has 2 fully saturated rings. The summed E-state index contributed by atoms with van der Waals surface area (Å²) in [4.78, 5) is 15.9. The molecule has 1 N–H and O–H groups in total. The minimum Gasteiger partial charge on any atom is -0.341 e. The van der Waals surface area contributed by atoms with Crippen LogP contribution in [-0.4, -0.2) is 29.9 Å². The second-order valence-corrected chi connectivity index (χ2v) is 7.44. The molecule has 2 unspecified atom stereocenters. The third kappa shape index (κ3) is 3.49. The topological polar surface area (TPSA) is 32.3 Å². The lowest BCUT2D eigenvalue weighted by atomic mass is 9.96. The molecule has 1 amide bonds. The average molecular weight is 306 g/mol. The highest BCUT2D eigenvalue weighted by molar-refractivity contribution is 7.10. The van der Waals surface area contributed by atoms with Gasteiger partial charge in [0.25, 0.3) is 0 Å². The second-order valence-electron chi connectivity index (χ2n) is 6.46. The molecule has 1 aromatic heterocycles. The first kappa shape index (κ1) is 15.0. The number of amides is 1. The summed E-state index contributed by atoms with van der Waals surface area (Å²) in [5.74, 6) is 0.976. The minimum absolute atomic E-state index is 0.0733. The maximum Gasteiger partial charge on any atom is 0.239 e. The van der Waals surface area contributed by atoms with Gasteiger partial charge in [0, 0.05) is 24.0 Å². The van der Waals surface area contributed by atoms with Crippen LogP contribution in [0.25, 0.3) is 0 Å². The van der Waals surface area contributed by atoms with Crippen LogP contribution in [0.1, 0.15) is 56.4 Å². The van der Waals surface area contributed by atoms with Gasteiger partial charge in [0.2, 0.25) is 5.91 Å². The third-order valence-corrected chi connectivity index (χ3v) is 5.89. The normalized spacial score (nSPS) is 22.6. The molecule has 1 aliphatic carbocycles. The van der Waals surface area contributed by atoms with Gasteiger partial charge in [0.1, 0.15) is 0 Å². The molecule has 2 atom stereocenters. The van der Waals surface area contributed by atoms with E-state index in [2.05, 4.69) is 22.8 Å². The highest BCUT2D eigenvalue weighted by Gasteiger charge is 2.31. The van der Waals surface area contributed by atoms with Crippen molar-refractivity contribution in [3.05, 3.63) is 22.4 Å². The molecule has 1 aliphatic heterocycles. The van der Waals surface area contributed by atoms with Crippen LogP contribution in [0.3, 0.4) is 0 Å². The largest absolute Gasteiger partial charge is 0.341 e. The van der Waals surface area contributed by atoms with E-state index in [1.807, 2.05) is 23.2 Å². The van der Waals surface area contributed by atoms with Crippen LogP contribution in [0.2, 0.25) is 0 Å². The van der Waals surface area contributed by atoms with E-state index in [9.17, 15) is 4.79 Å². The zero-order chi connectivity index (χ0) is 14.7. The van der Waals surface area contributed by atoms with Gasteiger partial charge < -0.3 is 4.90 Å². The van der Waals surface area contributed by atoms with Crippen molar-refractivity contribution < 1.29 is 4.79 Å². The van der Waals surface area contributed by atoms with Crippen molar-refractivity contribution in [1.29, 1.82) is 0 Å². The number of thiophene rings is 1. The average Bonchev–Trinajstić information content (AvgIpc) is 3.27. The van der Waals surface area contributed by atoms with Crippen molar-refractivity contribution in [2.24, 2.45) is 5.92 Å². The fraction of sp³-hybridized carbons (Fsp3) is 0.706. The van der Waals surface area contributed by atoms with Crippen molar-refractivity contribution in [3.8, 4) is 0 Å². The summed E-state index contributed by atoms with van der Waals surface area (Å²) in [7, 11) is 0. The minimum atomic E-state index is -0.0733. The molecule has 2 aliphatic rings. The van der Waals surface area contributed by atoms with Gasteiger partial charge in [-0.15, -0.1) is 11.3 Å². The Balaban J connectivity index is 1.67. The Morgan fingerprint density at radius 1 is 1.29 bits per heavy atom. The number of hydrogen-bond donors (Lipinski definition) is 1. The second kappa shape index (κ2) is 6.93. The Hall–Kier alpha value is -0.870. The molecule has 0 spiro atoms. The summed E-state index contributed by atoms with van der Waals surface area (Å²) < 4.78 is 0. The molecule has 1 saturated carbocycles. The zero-order valence-corrected chi connectivity index (χ0v) is 13.7. The van der Waals surface area contributed by atoms with Gasteiger partial charge in [-0.25, -0.2) is 0 Å². The number of nitrogens with one attached hydrogen (secondary N) is 1. The quantitative estimate of drug-likeness (QED) is 0.902. The molecule has 0 bridgehead atoms. The van der Waals surface area contributed by atoms with E-state index in [-0.39, 0.29) is 11.9 Å². The Kier molecular flexibility index (Phi) is 4.96. The Labute approximate surface area is 131 Å². The number of rotatable bonds is 5. The number of hydrogen-bond acceptors (Lipinski definition) is 3. The molecule has 1 aromatic rings. The lowest BCUT2D eigenvalue weighted by Gasteiger charge is -2.29. The molecule has 4 heteroatoms. The number of nitrogens with zero attached hydrogens (tertiary/aromatic N) is 1. The summed E-state index contributed by atoms with van der Waals surface area (Å²) in [6, 6.07) is 4.62. The van der Waals surface area contributed by atoms with Crippen molar-refractivity contribution >= 4 is 17.2 Å². The predicted molar refractivity (Wildman–Crippen MR) is 87.4 cm³/mol. The molecule has 3 rings (SSSR count). The Morgan fingerprint density at radius 2 is 2.00 bits per heavy atom. The molecule has 0 aromatic carbocycles. The Morgan fingerprint density at radius 3 is 2.62 bits per heavy atom. The predicted octanol–water partition coefficient (Wildman–Crippen LogP) is 3.58. The molecule has 2 heterocycles. The number of likely N-dealkylation sites (tertiary alicyclic amines) is 1. The van der Waals surface area contributed by atoms with E-state index < -0.39 is 0 Å². The summed E-state index contributed by atoms with van der Waals surface area (Å²) in [5, 5.41) is 5.80. The summed E-state index contributed by atoms with van der Waals surface area (Å²) >= 11 is 1.82.